The number of nitrogens with zero attached hydrogens (tertiary/aromatic N) is 3. The van der Waals surface area contributed by atoms with E-state index in [9.17, 15) is 14.4 Å². The molecule has 0 spiro atoms. The second-order valence-electron chi connectivity index (χ2n) is 11.2. The van der Waals surface area contributed by atoms with E-state index in [0.717, 1.165) is 39.2 Å². The minimum Gasteiger partial charge on any atom is -0.343 e. The molecule has 3 aromatic rings. The van der Waals surface area contributed by atoms with E-state index in [2.05, 4.69) is 34.9 Å². The average Bonchev–Trinajstić information content (AvgIpc) is 3.54. The Morgan fingerprint density at radius 1 is 1.07 bits per heavy atom. The molecule has 2 aromatic carbocycles. The predicted molar refractivity (Wildman–Crippen MR) is 161 cm³/mol. The van der Waals surface area contributed by atoms with Crippen LogP contribution < -0.4 is 10.6 Å². The van der Waals surface area contributed by atoms with Crippen molar-refractivity contribution in [3.63, 3.8) is 0 Å². The van der Waals surface area contributed by atoms with E-state index in [1.807, 2.05) is 49.9 Å². The zero-order chi connectivity index (χ0) is 29.0. The van der Waals surface area contributed by atoms with Crippen LogP contribution in [0, 0.1) is 5.92 Å². The number of benzene rings is 2. The second kappa shape index (κ2) is 12.9. The highest BCUT2D eigenvalue weighted by atomic mass is 32.1. The van der Waals surface area contributed by atoms with E-state index in [0.29, 0.717) is 6.42 Å². The van der Waals surface area contributed by atoms with Crippen LogP contribution in [0.3, 0.4) is 0 Å². The molecule has 1 aliphatic rings. The number of hydrogen-bond donors (Lipinski definition) is 2. The summed E-state index contributed by atoms with van der Waals surface area (Å²) >= 11 is 1.62. The minimum absolute atomic E-state index is 0.0177. The van der Waals surface area contributed by atoms with Crippen LogP contribution in [0.5, 0.6) is 0 Å². The third-order valence-electron chi connectivity index (χ3n) is 7.63. The molecule has 1 fully saturated rings. The second-order valence-corrected chi connectivity index (χ2v) is 12.3. The van der Waals surface area contributed by atoms with Crippen molar-refractivity contribution >= 4 is 39.3 Å². The first kappa shape index (κ1) is 29.7. The molecule has 1 aliphatic heterocycles. The minimum atomic E-state index is -0.860. The number of rotatable bonds is 10. The maximum atomic E-state index is 14.2. The molecule has 0 radical (unpaired) electrons. The summed E-state index contributed by atoms with van der Waals surface area (Å²) in [6.45, 7) is 7.88. The molecule has 214 valence electrons. The first-order chi connectivity index (χ1) is 19.1. The van der Waals surface area contributed by atoms with Gasteiger partial charge in [0.05, 0.1) is 22.3 Å². The number of thiazole rings is 1. The molecule has 1 saturated heterocycles. The zero-order valence-corrected chi connectivity index (χ0v) is 25.1. The van der Waals surface area contributed by atoms with Gasteiger partial charge in [-0.1, -0.05) is 56.3 Å². The Morgan fingerprint density at radius 2 is 1.80 bits per heavy atom. The lowest BCUT2D eigenvalue weighted by molar-refractivity contribution is -0.141. The lowest BCUT2D eigenvalue weighted by Gasteiger charge is -2.33. The summed E-state index contributed by atoms with van der Waals surface area (Å²) in [6.07, 6.45) is 2.02. The van der Waals surface area contributed by atoms with Crippen LogP contribution in [0.15, 0.2) is 48.5 Å². The monoisotopic (exact) mass is 563 g/mol. The normalized spacial score (nSPS) is 18.6. The van der Waals surface area contributed by atoms with Crippen molar-refractivity contribution in [2.24, 2.45) is 5.92 Å². The molecule has 40 heavy (non-hydrogen) atoms. The van der Waals surface area contributed by atoms with Gasteiger partial charge in [0.1, 0.15) is 11.0 Å². The van der Waals surface area contributed by atoms with Crippen LogP contribution in [0.2, 0.25) is 0 Å². The third-order valence-corrected chi connectivity index (χ3v) is 8.76. The highest BCUT2D eigenvalue weighted by Gasteiger charge is 2.41. The highest BCUT2D eigenvalue weighted by molar-refractivity contribution is 7.18. The van der Waals surface area contributed by atoms with Gasteiger partial charge in [-0.25, -0.2) is 4.98 Å². The lowest BCUT2D eigenvalue weighted by Crippen LogP contribution is -2.57. The Morgan fingerprint density at radius 3 is 2.48 bits per heavy atom. The molecule has 0 saturated carbocycles. The Kier molecular flexibility index (Phi) is 9.58. The van der Waals surface area contributed by atoms with Crippen LogP contribution in [-0.4, -0.2) is 71.3 Å². The van der Waals surface area contributed by atoms with Crippen LogP contribution in [0.1, 0.15) is 58.0 Å². The van der Waals surface area contributed by atoms with Gasteiger partial charge in [-0.15, -0.1) is 11.3 Å². The first-order valence-electron chi connectivity index (χ1n) is 14.1. The van der Waals surface area contributed by atoms with Crippen molar-refractivity contribution in [3.8, 4) is 11.1 Å². The fourth-order valence-electron chi connectivity index (χ4n) is 5.23. The zero-order valence-electron chi connectivity index (χ0n) is 24.3. The fraction of sp³-hybridized carbons (Fsp3) is 0.484. The van der Waals surface area contributed by atoms with Crippen molar-refractivity contribution in [3.05, 3.63) is 53.5 Å². The van der Waals surface area contributed by atoms with Crippen LogP contribution >= 0.6 is 11.3 Å². The smallest absolute Gasteiger partial charge is 0.247 e. The molecule has 3 amide bonds. The summed E-state index contributed by atoms with van der Waals surface area (Å²) in [5.41, 5.74) is 3.11. The molecule has 0 bridgehead atoms. The van der Waals surface area contributed by atoms with E-state index in [1.54, 1.807) is 37.3 Å². The van der Waals surface area contributed by atoms with Gasteiger partial charge in [0.2, 0.25) is 17.7 Å². The van der Waals surface area contributed by atoms with E-state index in [1.165, 1.54) is 0 Å². The van der Waals surface area contributed by atoms with Gasteiger partial charge >= 0.3 is 0 Å². The predicted octanol–water partition coefficient (Wildman–Crippen LogP) is 4.61. The summed E-state index contributed by atoms with van der Waals surface area (Å²) < 4.78 is 1.08. The molecule has 0 aliphatic carbocycles. The average molecular weight is 564 g/mol. The molecule has 2 heterocycles. The number of carbonyl (C=O) groups excluding carboxylic acids is 3. The fourth-order valence-corrected chi connectivity index (χ4v) is 6.36. The van der Waals surface area contributed by atoms with Crippen molar-refractivity contribution in [1.29, 1.82) is 0 Å². The van der Waals surface area contributed by atoms with Crippen LogP contribution in [-0.2, 0) is 14.4 Å². The third kappa shape index (κ3) is 6.53. The van der Waals surface area contributed by atoms with Gasteiger partial charge in [-0.2, -0.15) is 0 Å². The number of carbonyl (C=O) groups is 3. The number of para-hydroxylation sites is 1. The van der Waals surface area contributed by atoms with Crippen molar-refractivity contribution in [1.82, 2.24) is 25.4 Å². The van der Waals surface area contributed by atoms with Gasteiger partial charge in [0.25, 0.3) is 0 Å². The Hall–Kier alpha value is -3.30. The quantitative estimate of drug-likeness (QED) is 0.376. The van der Waals surface area contributed by atoms with E-state index in [4.69, 9.17) is 4.98 Å². The molecule has 9 heteroatoms. The van der Waals surface area contributed by atoms with Crippen molar-refractivity contribution in [2.75, 3.05) is 20.6 Å². The van der Waals surface area contributed by atoms with Gasteiger partial charge in [0, 0.05) is 31.6 Å². The number of likely N-dealkylation sites (tertiary alicyclic amines) is 1. The summed E-state index contributed by atoms with van der Waals surface area (Å²) in [5.74, 6) is -0.306. The van der Waals surface area contributed by atoms with Gasteiger partial charge in [-0.05, 0) is 51.3 Å². The largest absolute Gasteiger partial charge is 0.343 e. The van der Waals surface area contributed by atoms with Crippen molar-refractivity contribution < 1.29 is 14.4 Å². The Balaban J connectivity index is 1.65. The highest BCUT2D eigenvalue weighted by Crippen LogP contribution is 2.41. The van der Waals surface area contributed by atoms with E-state index >= 15 is 0 Å². The Bertz CT molecular complexity index is 1340. The molecular weight excluding hydrogens is 522 g/mol. The maximum Gasteiger partial charge on any atom is 0.247 e. The molecule has 8 nitrogen and oxygen atoms in total. The SMILES string of the molecule is CN[C@@H](C)C(=O)N[C@@H](CN(C)C(=O)CC(C)C)C(=O)N1C(C)CC[C@H]1c1nc2c(-c3ccccc3)cccc2s1. The number of amides is 3. The molecule has 1 aromatic heterocycles. The summed E-state index contributed by atoms with van der Waals surface area (Å²) in [6, 6.07) is 14.9. The number of hydrogen-bond acceptors (Lipinski definition) is 6. The summed E-state index contributed by atoms with van der Waals surface area (Å²) in [5, 5.41) is 6.76. The lowest BCUT2D eigenvalue weighted by atomic mass is 10.0. The van der Waals surface area contributed by atoms with E-state index < -0.39 is 12.1 Å². The van der Waals surface area contributed by atoms with Gasteiger partial charge < -0.3 is 20.4 Å². The number of aromatic nitrogens is 1. The van der Waals surface area contributed by atoms with Gasteiger partial charge in [0.15, 0.2) is 0 Å². The molecule has 4 atom stereocenters. The first-order valence-corrected chi connectivity index (χ1v) is 14.9. The van der Waals surface area contributed by atoms with E-state index in [-0.39, 0.29) is 42.3 Å². The molecule has 1 unspecified atom stereocenters. The maximum absolute atomic E-state index is 14.2. The molecule has 2 N–H and O–H groups in total. The summed E-state index contributed by atoms with van der Waals surface area (Å²) in [4.78, 5) is 48.4. The van der Waals surface area contributed by atoms with Crippen LogP contribution in [0.4, 0.5) is 0 Å². The Labute approximate surface area is 241 Å². The van der Waals surface area contributed by atoms with Crippen molar-refractivity contribution in [2.45, 2.75) is 71.1 Å². The van der Waals surface area contributed by atoms with Crippen LogP contribution in [0.25, 0.3) is 21.3 Å². The number of fused-ring (bicyclic) bond motifs is 1. The number of likely N-dealkylation sites (N-methyl/N-ethyl adjacent to an activating group) is 2. The molecular formula is C31H41N5O3S. The van der Waals surface area contributed by atoms with Gasteiger partial charge in [-0.3, -0.25) is 14.4 Å². The number of nitrogens with one attached hydrogen (secondary N) is 2. The molecule has 4 rings (SSSR count). The summed E-state index contributed by atoms with van der Waals surface area (Å²) in [7, 11) is 3.40. The topological polar surface area (TPSA) is 94.6 Å². The standard InChI is InChI=1S/C31H41N5O3S/c1-19(2)17-27(37)35(6)18-24(33-29(38)21(4)32-5)31(39)36-20(3)15-16-25(36)30-34-28-23(13-10-14-26(28)40-30)22-11-8-7-9-12-22/h7-14,19-21,24-25,32H,15-18H2,1-6H3,(H,33,38)/t20?,21-,24-,25-/m0/s1.